The number of carboxylic acids is 1. The first-order chi connectivity index (χ1) is 12.1. The van der Waals surface area contributed by atoms with Crippen LogP contribution in [0, 0.1) is 5.82 Å². The van der Waals surface area contributed by atoms with Gasteiger partial charge in [0.1, 0.15) is 11.4 Å². The highest BCUT2D eigenvalue weighted by atomic mass is 19.1. The number of benzene rings is 2. The number of rotatable bonds is 4. The molecule has 0 aromatic heterocycles. The van der Waals surface area contributed by atoms with E-state index in [0.29, 0.717) is 12.1 Å². The lowest BCUT2D eigenvalue weighted by atomic mass is 10.0. The van der Waals surface area contributed by atoms with Gasteiger partial charge in [0.2, 0.25) is 0 Å². The summed E-state index contributed by atoms with van der Waals surface area (Å²) in [5.41, 5.74) is 1.32. The van der Waals surface area contributed by atoms with Gasteiger partial charge in [-0.15, -0.1) is 0 Å². The maximum atomic E-state index is 13.8. The largest absolute Gasteiger partial charge is 0.478 e. The van der Waals surface area contributed by atoms with Crippen molar-refractivity contribution in [3.8, 4) is 11.1 Å². The molecule has 2 aromatic carbocycles. The summed E-state index contributed by atoms with van der Waals surface area (Å²) in [6.07, 6.45) is -0.409. The van der Waals surface area contributed by atoms with E-state index in [-0.39, 0.29) is 5.56 Å². The Kier molecular flexibility index (Phi) is 5.65. The molecule has 0 bridgehead atoms. The van der Waals surface area contributed by atoms with Gasteiger partial charge in [-0.2, -0.15) is 0 Å². The lowest BCUT2D eigenvalue weighted by molar-refractivity contribution is 0.0285. The molecule has 1 amide bonds. The fourth-order valence-electron chi connectivity index (χ4n) is 2.35. The van der Waals surface area contributed by atoms with Crippen LogP contribution in [0.3, 0.4) is 0 Å². The first-order valence-electron chi connectivity index (χ1n) is 8.13. The van der Waals surface area contributed by atoms with E-state index in [4.69, 9.17) is 9.84 Å². The molecule has 0 radical (unpaired) electrons. The van der Waals surface area contributed by atoms with Gasteiger partial charge in [0.25, 0.3) is 0 Å². The van der Waals surface area contributed by atoms with Gasteiger partial charge >= 0.3 is 12.1 Å². The number of carbonyl (C=O) groups excluding carboxylic acids is 1. The first kappa shape index (κ1) is 19.4. The molecule has 2 aromatic rings. The molecule has 0 unspecified atom stereocenters. The summed E-state index contributed by atoms with van der Waals surface area (Å²) in [6, 6.07) is 11.3. The summed E-state index contributed by atoms with van der Waals surface area (Å²) in [7, 11) is 1.65. The molecule has 0 fully saturated rings. The maximum absolute atomic E-state index is 13.8. The summed E-state index contributed by atoms with van der Waals surface area (Å²) in [5, 5.41) is 8.88. The van der Waals surface area contributed by atoms with Gasteiger partial charge < -0.3 is 14.7 Å². The zero-order valence-electron chi connectivity index (χ0n) is 15.2. The summed E-state index contributed by atoms with van der Waals surface area (Å²) in [6.45, 7) is 5.80. The summed E-state index contributed by atoms with van der Waals surface area (Å²) >= 11 is 0. The molecule has 0 spiro atoms. The van der Waals surface area contributed by atoms with Crippen molar-refractivity contribution in [3.05, 3.63) is 59.4 Å². The SMILES string of the molecule is CN(Cc1ccc(-c2ccc(C(=O)O)c(F)c2)cc1)C(=O)OC(C)(C)C. The smallest absolute Gasteiger partial charge is 0.410 e. The van der Waals surface area contributed by atoms with Crippen molar-refractivity contribution < 1.29 is 23.8 Å². The average Bonchev–Trinajstić information content (AvgIpc) is 2.53. The molecule has 0 heterocycles. The van der Waals surface area contributed by atoms with Gasteiger partial charge in [0, 0.05) is 13.6 Å². The molecule has 5 nitrogen and oxygen atoms in total. The fourth-order valence-corrected chi connectivity index (χ4v) is 2.35. The highest BCUT2D eigenvalue weighted by Gasteiger charge is 2.19. The monoisotopic (exact) mass is 359 g/mol. The van der Waals surface area contributed by atoms with Crippen LogP contribution in [0.15, 0.2) is 42.5 Å². The maximum Gasteiger partial charge on any atom is 0.410 e. The Labute approximate surface area is 152 Å². The second kappa shape index (κ2) is 7.56. The van der Waals surface area contributed by atoms with E-state index in [1.54, 1.807) is 25.2 Å². The fraction of sp³-hybridized carbons (Fsp3) is 0.300. The number of hydrogen-bond donors (Lipinski definition) is 1. The number of nitrogens with zero attached hydrogens (tertiary/aromatic N) is 1. The van der Waals surface area contributed by atoms with Crippen molar-refractivity contribution in [1.29, 1.82) is 0 Å². The third kappa shape index (κ3) is 5.05. The van der Waals surface area contributed by atoms with Gasteiger partial charge in [-0.05, 0) is 49.6 Å². The van der Waals surface area contributed by atoms with Gasteiger partial charge in [-0.3, -0.25) is 0 Å². The zero-order chi connectivity index (χ0) is 19.5. The van der Waals surface area contributed by atoms with Crippen LogP contribution in [0.1, 0.15) is 36.7 Å². The Morgan fingerprint density at radius 1 is 1.08 bits per heavy atom. The first-order valence-corrected chi connectivity index (χ1v) is 8.13. The van der Waals surface area contributed by atoms with Crippen molar-refractivity contribution in [2.45, 2.75) is 32.9 Å². The standard InChI is InChI=1S/C20H22FNO4/c1-20(2,3)26-19(25)22(4)12-13-5-7-14(8-6-13)15-9-10-16(18(23)24)17(21)11-15/h5-11H,12H2,1-4H3,(H,23,24). The van der Waals surface area contributed by atoms with Crippen LogP contribution in [-0.2, 0) is 11.3 Å². The van der Waals surface area contributed by atoms with Crippen LogP contribution in [0.5, 0.6) is 0 Å². The summed E-state index contributed by atoms with van der Waals surface area (Å²) in [4.78, 5) is 24.3. The van der Waals surface area contributed by atoms with Crippen LogP contribution >= 0.6 is 0 Å². The Hall–Kier alpha value is -2.89. The lowest BCUT2D eigenvalue weighted by Crippen LogP contribution is -2.33. The van der Waals surface area contributed by atoms with Crippen LogP contribution in [-0.4, -0.2) is 34.7 Å². The molecule has 2 rings (SSSR count). The van der Waals surface area contributed by atoms with E-state index >= 15 is 0 Å². The Morgan fingerprint density at radius 3 is 2.15 bits per heavy atom. The van der Waals surface area contributed by atoms with Crippen LogP contribution < -0.4 is 0 Å². The summed E-state index contributed by atoms with van der Waals surface area (Å²) < 4.78 is 19.1. The number of amides is 1. The quantitative estimate of drug-likeness (QED) is 0.869. The van der Waals surface area contributed by atoms with Crippen LogP contribution in [0.2, 0.25) is 0 Å². The normalized spacial score (nSPS) is 11.1. The minimum Gasteiger partial charge on any atom is -0.478 e. The number of ether oxygens (including phenoxy) is 1. The Morgan fingerprint density at radius 2 is 1.65 bits per heavy atom. The Balaban J connectivity index is 2.10. The van der Waals surface area contributed by atoms with Crippen LogP contribution in [0.25, 0.3) is 11.1 Å². The van der Waals surface area contributed by atoms with Crippen molar-refractivity contribution in [2.75, 3.05) is 7.05 Å². The van der Waals surface area contributed by atoms with Gasteiger partial charge in [0.15, 0.2) is 0 Å². The van der Waals surface area contributed by atoms with E-state index in [1.165, 1.54) is 17.0 Å². The number of halogens is 1. The minimum absolute atomic E-state index is 0.357. The average molecular weight is 359 g/mol. The molecule has 138 valence electrons. The third-order valence-electron chi connectivity index (χ3n) is 3.61. The van der Waals surface area contributed by atoms with Gasteiger partial charge in [0.05, 0.1) is 5.56 Å². The predicted octanol–water partition coefficient (Wildman–Crippen LogP) is 4.56. The molecule has 0 saturated carbocycles. The van der Waals surface area contributed by atoms with Crippen molar-refractivity contribution in [2.24, 2.45) is 0 Å². The molecule has 0 aliphatic heterocycles. The number of aromatic carboxylic acids is 1. The van der Waals surface area contributed by atoms with E-state index < -0.39 is 23.5 Å². The molecule has 0 saturated heterocycles. The highest BCUT2D eigenvalue weighted by Crippen LogP contribution is 2.23. The van der Waals surface area contributed by atoms with E-state index in [1.807, 2.05) is 32.9 Å². The Bertz CT molecular complexity index is 810. The second-order valence-corrected chi connectivity index (χ2v) is 7.03. The number of carbonyl (C=O) groups is 2. The highest BCUT2D eigenvalue weighted by molar-refractivity contribution is 5.88. The third-order valence-corrected chi connectivity index (χ3v) is 3.61. The molecule has 26 heavy (non-hydrogen) atoms. The molecular weight excluding hydrogens is 337 g/mol. The molecular formula is C20H22FNO4. The number of hydrogen-bond acceptors (Lipinski definition) is 3. The molecule has 6 heteroatoms. The van der Waals surface area contributed by atoms with Gasteiger partial charge in [-0.1, -0.05) is 30.3 Å². The number of carboxylic acid groups (broad SMARTS) is 1. The molecule has 0 aliphatic carbocycles. The summed E-state index contributed by atoms with van der Waals surface area (Å²) in [5.74, 6) is -2.07. The van der Waals surface area contributed by atoms with Crippen LogP contribution in [0.4, 0.5) is 9.18 Å². The predicted molar refractivity (Wildman–Crippen MR) is 96.5 cm³/mol. The van der Waals surface area contributed by atoms with Gasteiger partial charge in [-0.25, -0.2) is 14.0 Å². The second-order valence-electron chi connectivity index (χ2n) is 7.03. The zero-order valence-corrected chi connectivity index (χ0v) is 15.2. The topological polar surface area (TPSA) is 66.8 Å². The van der Waals surface area contributed by atoms with Crippen molar-refractivity contribution in [3.63, 3.8) is 0 Å². The lowest BCUT2D eigenvalue weighted by Gasteiger charge is -2.24. The van der Waals surface area contributed by atoms with E-state index in [2.05, 4.69) is 0 Å². The van der Waals surface area contributed by atoms with E-state index in [0.717, 1.165) is 11.1 Å². The molecule has 0 atom stereocenters. The molecule has 0 aliphatic rings. The molecule has 1 N–H and O–H groups in total. The van der Waals surface area contributed by atoms with E-state index in [9.17, 15) is 14.0 Å². The van der Waals surface area contributed by atoms with Crippen molar-refractivity contribution in [1.82, 2.24) is 4.90 Å². The minimum atomic E-state index is -1.30. The van der Waals surface area contributed by atoms with Crippen molar-refractivity contribution >= 4 is 12.1 Å².